The number of amides is 1. The highest BCUT2D eigenvalue weighted by molar-refractivity contribution is 6.20. The highest BCUT2D eigenvalue weighted by atomic mass is 35.5. The molecule has 7 N–H and O–H groups in total. The Hall–Kier alpha value is -0.740. The van der Waals surface area contributed by atoms with E-state index in [1.54, 1.807) is 0 Å². The molecule has 2 aliphatic heterocycles. The summed E-state index contributed by atoms with van der Waals surface area (Å²) in [6.07, 6.45) is 11.9. The minimum atomic E-state index is -0.792. The largest absolute Gasteiger partial charge is 0.373 e. The molecule has 5 atom stereocenters. The number of rotatable bonds is 16. The van der Waals surface area contributed by atoms with Crippen molar-refractivity contribution in [1.82, 2.24) is 20.9 Å². The van der Waals surface area contributed by atoms with Gasteiger partial charge in [-0.05, 0) is 65.2 Å². The summed E-state index contributed by atoms with van der Waals surface area (Å²) < 4.78 is 6.49. The molecule has 2 saturated heterocycles. The standard InChI is InChI=1S/C27H53ClN6O2/c1-4-7-8-9-17-34(19-20(28)6-3)23(10-5-2)25(26(29)30)27(35)33-22-18-32-16-13-24(22)36-21-11-14-31-15-12-21/h5,10,20-26,31-32H,4,6-9,11-19,29-30H2,1-3H3,(H,33,35)/b10-5+. The third kappa shape index (κ3) is 10.6. The molecule has 2 heterocycles. The van der Waals surface area contributed by atoms with Crippen LogP contribution in [0.2, 0.25) is 0 Å². The highest BCUT2D eigenvalue weighted by Gasteiger charge is 2.38. The van der Waals surface area contributed by atoms with Crippen LogP contribution in [0, 0.1) is 5.92 Å². The van der Waals surface area contributed by atoms with E-state index in [0.717, 1.165) is 64.7 Å². The van der Waals surface area contributed by atoms with Gasteiger partial charge in [0.05, 0.1) is 30.3 Å². The molecular weight excluding hydrogens is 476 g/mol. The normalized spacial score (nSPS) is 24.3. The second-order valence-corrected chi connectivity index (χ2v) is 11.0. The van der Waals surface area contributed by atoms with Crippen LogP contribution >= 0.6 is 11.6 Å². The van der Waals surface area contributed by atoms with Gasteiger partial charge in [0.15, 0.2) is 0 Å². The van der Waals surface area contributed by atoms with E-state index < -0.39 is 12.1 Å². The fourth-order valence-electron chi connectivity index (χ4n) is 5.31. The van der Waals surface area contributed by atoms with Crippen LogP contribution in [0.4, 0.5) is 0 Å². The van der Waals surface area contributed by atoms with E-state index >= 15 is 0 Å². The molecule has 5 unspecified atom stereocenters. The summed E-state index contributed by atoms with van der Waals surface area (Å²) in [5, 5.41) is 10.1. The lowest BCUT2D eigenvalue weighted by Crippen LogP contribution is -2.62. The number of ether oxygens (including phenoxy) is 1. The number of carbonyl (C=O) groups excluding carboxylic acids is 1. The van der Waals surface area contributed by atoms with Crippen molar-refractivity contribution in [2.75, 3.05) is 39.3 Å². The van der Waals surface area contributed by atoms with E-state index in [1.165, 1.54) is 12.8 Å². The Kier molecular flexibility index (Phi) is 15.5. The first kappa shape index (κ1) is 31.5. The maximum atomic E-state index is 13.8. The second-order valence-electron chi connectivity index (χ2n) is 10.4. The topological polar surface area (TPSA) is 118 Å². The Morgan fingerprint density at radius 3 is 2.50 bits per heavy atom. The number of carbonyl (C=O) groups is 1. The Bertz CT molecular complexity index is 631. The molecule has 0 saturated carbocycles. The molecule has 9 heteroatoms. The summed E-state index contributed by atoms with van der Waals surface area (Å²) in [5.41, 5.74) is 12.6. The van der Waals surface area contributed by atoms with Crippen LogP contribution in [0.5, 0.6) is 0 Å². The van der Waals surface area contributed by atoms with Gasteiger partial charge in [-0.25, -0.2) is 0 Å². The Balaban J connectivity index is 2.16. The van der Waals surface area contributed by atoms with Crippen LogP contribution in [0.25, 0.3) is 0 Å². The second kappa shape index (κ2) is 17.7. The van der Waals surface area contributed by atoms with Crippen molar-refractivity contribution < 1.29 is 9.53 Å². The summed E-state index contributed by atoms with van der Waals surface area (Å²) in [5.74, 6) is -0.698. The van der Waals surface area contributed by atoms with Crippen molar-refractivity contribution in [3.63, 3.8) is 0 Å². The summed E-state index contributed by atoms with van der Waals surface area (Å²) in [6.45, 7) is 11.4. The molecule has 0 radical (unpaired) electrons. The maximum Gasteiger partial charge on any atom is 0.228 e. The van der Waals surface area contributed by atoms with Gasteiger partial charge in [-0.3, -0.25) is 9.69 Å². The van der Waals surface area contributed by atoms with Crippen molar-refractivity contribution in [2.24, 2.45) is 17.4 Å². The van der Waals surface area contributed by atoms with Crippen LogP contribution in [-0.4, -0.2) is 85.9 Å². The zero-order valence-corrected chi connectivity index (χ0v) is 23.6. The number of piperidine rings is 2. The number of alkyl halides is 1. The smallest absolute Gasteiger partial charge is 0.228 e. The van der Waals surface area contributed by atoms with Crippen molar-refractivity contribution in [3.8, 4) is 0 Å². The Morgan fingerprint density at radius 2 is 1.86 bits per heavy atom. The number of nitrogens with one attached hydrogen (secondary N) is 3. The molecule has 2 rings (SSSR count). The van der Waals surface area contributed by atoms with Gasteiger partial charge >= 0.3 is 0 Å². The quantitative estimate of drug-likeness (QED) is 0.0902. The van der Waals surface area contributed by atoms with Crippen molar-refractivity contribution >= 4 is 17.5 Å². The van der Waals surface area contributed by atoms with Crippen LogP contribution in [-0.2, 0) is 9.53 Å². The summed E-state index contributed by atoms with van der Waals surface area (Å²) in [4.78, 5) is 16.1. The lowest BCUT2D eigenvalue weighted by atomic mass is 9.92. The van der Waals surface area contributed by atoms with E-state index in [1.807, 2.05) is 13.0 Å². The highest BCUT2D eigenvalue weighted by Crippen LogP contribution is 2.22. The van der Waals surface area contributed by atoms with E-state index in [2.05, 4.69) is 40.8 Å². The Morgan fingerprint density at radius 1 is 1.14 bits per heavy atom. The van der Waals surface area contributed by atoms with Gasteiger partial charge in [-0.1, -0.05) is 45.3 Å². The molecule has 0 bridgehead atoms. The molecular formula is C27H53ClN6O2. The van der Waals surface area contributed by atoms with E-state index in [4.69, 9.17) is 27.8 Å². The number of hydrogen-bond acceptors (Lipinski definition) is 7. The third-order valence-electron chi connectivity index (χ3n) is 7.47. The monoisotopic (exact) mass is 528 g/mol. The van der Waals surface area contributed by atoms with Gasteiger partial charge in [0.25, 0.3) is 0 Å². The molecule has 8 nitrogen and oxygen atoms in total. The Labute approximate surface area is 224 Å². The molecule has 210 valence electrons. The van der Waals surface area contributed by atoms with Crippen LogP contribution < -0.4 is 27.4 Å². The number of nitrogens with zero attached hydrogens (tertiary/aromatic N) is 1. The number of allylic oxidation sites excluding steroid dienone is 1. The fraction of sp³-hybridized carbons (Fsp3) is 0.889. The average molecular weight is 529 g/mol. The maximum absolute atomic E-state index is 13.8. The number of hydrogen-bond donors (Lipinski definition) is 5. The van der Waals surface area contributed by atoms with Crippen molar-refractivity contribution in [2.45, 2.75) is 108 Å². The van der Waals surface area contributed by atoms with Gasteiger partial charge < -0.3 is 32.2 Å². The number of halogens is 1. The first-order valence-electron chi connectivity index (χ1n) is 14.3. The molecule has 0 aromatic heterocycles. The van der Waals surface area contributed by atoms with Gasteiger partial charge in [0.1, 0.15) is 0 Å². The molecule has 2 fully saturated rings. The first-order chi connectivity index (χ1) is 17.4. The first-order valence-corrected chi connectivity index (χ1v) is 14.7. The van der Waals surface area contributed by atoms with E-state index in [9.17, 15) is 4.79 Å². The molecule has 2 aliphatic rings. The lowest BCUT2D eigenvalue weighted by Gasteiger charge is -2.40. The average Bonchev–Trinajstić information content (AvgIpc) is 2.87. The molecule has 0 aliphatic carbocycles. The summed E-state index contributed by atoms with van der Waals surface area (Å²) in [6, 6.07) is -0.326. The lowest BCUT2D eigenvalue weighted by molar-refractivity contribution is -0.131. The van der Waals surface area contributed by atoms with Gasteiger partial charge in [0, 0.05) is 24.5 Å². The van der Waals surface area contributed by atoms with Crippen molar-refractivity contribution in [3.05, 3.63) is 12.2 Å². The minimum absolute atomic E-state index is 0.00643. The molecule has 0 spiro atoms. The zero-order valence-electron chi connectivity index (χ0n) is 22.9. The van der Waals surface area contributed by atoms with E-state index in [-0.39, 0.29) is 35.6 Å². The minimum Gasteiger partial charge on any atom is -0.373 e. The van der Waals surface area contributed by atoms with Crippen LogP contribution in [0.1, 0.15) is 72.1 Å². The molecule has 1 amide bonds. The number of nitrogens with two attached hydrogens (primary N) is 2. The molecule has 36 heavy (non-hydrogen) atoms. The van der Waals surface area contributed by atoms with Crippen LogP contribution in [0.15, 0.2) is 12.2 Å². The molecule has 0 aromatic rings. The third-order valence-corrected chi connectivity index (χ3v) is 7.92. The van der Waals surface area contributed by atoms with Gasteiger partial charge in [-0.15, -0.1) is 11.6 Å². The summed E-state index contributed by atoms with van der Waals surface area (Å²) >= 11 is 6.62. The number of unbranched alkanes of at least 4 members (excludes halogenated alkanes) is 3. The fourth-order valence-corrected chi connectivity index (χ4v) is 5.49. The SMILES string of the molecule is C/C=C/C(C(C(=O)NC1CNCCC1OC1CCNCC1)C(N)N)N(CCCCCC)CC(Cl)CC. The van der Waals surface area contributed by atoms with Gasteiger partial charge in [-0.2, -0.15) is 0 Å². The van der Waals surface area contributed by atoms with Crippen molar-refractivity contribution in [1.29, 1.82) is 0 Å². The van der Waals surface area contributed by atoms with Crippen LogP contribution in [0.3, 0.4) is 0 Å². The molecule has 0 aromatic carbocycles. The predicted octanol–water partition coefficient (Wildman–Crippen LogP) is 2.31. The summed E-state index contributed by atoms with van der Waals surface area (Å²) in [7, 11) is 0. The zero-order chi connectivity index (χ0) is 26.3. The van der Waals surface area contributed by atoms with Gasteiger partial charge in [0.2, 0.25) is 5.91 Å². The predicted molar refractivity (Wildman–Crippen MR) is 150 cm³/mol. The van der Waals surface area contributed by atoms with E-state index in [0.29, 0.717) is 13.1 Å².